The molecule has 1 saturated heterocycles. The fourth-order valence-electron chi connectivity index (χ4n) is 2.25. The van der Waals surface area contributed by atoms with Gasteiger partial charge in [-0.25, -0.2) is 0 Å². The van der Waals surface area contributed by atoms with Crippen molar-refractivity contribution in [2.75, 3.05) is 44.7 Å². The van der Waals surface area contributed by atoms with E-state index in [-0.39, 0.29) is 5.97 Å². The first kappa shape index (κ1) is 14.6. The molecule has 0 aromatic heterocycles. The topological polar surface area (TPSA) is 56.6 Å². The maximum absolute atomic E-state index is 11.2. The summed E-state index contributed by atoms with van der Waals surface area (Å²) in [5.74, 6) is -0.223. The number of carbonyl (C=O) groups is 1. The highest BCUT2D eigenvalue weighted by molar-refractivity contribution is 6.30. The van der Waals surface area contributed by atoms with Crippen LogP contribution in [0.4, 0.5) is 5.69 Å². The summed E-state index contributed by atoms with van der Waals surface area (Å²) in [6.45, 7) is 3.34. The van der Waals surface area contributed by atoms with Crippen molar-refractivity contribution in [1.82, 2.24) is 4.90 Å². The van der Waals surface area contributed by atoms with Gasteiger partial charge in [0, 0.05) is 31.2 Å². The third-order valence-corrected chi connectivity index (χ3v) is 3.61. The van der Waals surface area contributed by atoms with Crippen LogP contribution in [0.5, 0.6) is 0 Å². The molecular formula is C14H16ClN3O2. The van der Waals surface area contributed by atoms with Crippen LogP contribution in [0.25, 0.3) is 0 Å². The van der Waals surface area contributed by atoms with Crippen molar-refractivity contribution >= 4 is 23.3 Å². The smallest absolute Gasteiger partial charge is 0.319 e. The normalized spacial score (nSPS) is 15.8. The largest absolute Gasteiger partial charge is 0.468 e. The van der Waals surface area contributed by atoms with Gasteiger partial charge in [-0.1, -0.05) is 11.6 Å². The van der Waals surface area contributed by atoms with E-state index in [1.54, 1.807) is 12.1 Å². The summed E-state index contributed by atoms with van der Waals surface area (Å²) >= 11 is 6.00. The van der Waals surface area contributed by atoms with Gasteiger partial charge in [0.05, 0.1) is 24.9 Å². The summed E-state index contributed by atoms with van der Waals surface area (Å²) in [7, 11) is 1.39. The Balaban J connectivity index is 2.02. The lowest BCUT2D eigenvalue weighted by atomic mass is 10.1. The monoisotopic (exact) mass is 293 g/mol. The van der Waals surface area contributed by atoms with Crippen molar-refractivity contribution in [1.29, 1.82) is 5.26 Å². The lowest BCUT2D eigenvalue weighted by Crippen LogP contribution is -2.48. The van der Waals surface area contributed by atoms with Gasteiger partial charge in [-0.05, 0) is 18.2 Å². The molecule has 1 aliphatic rings. The molecule has 0 aliphatic carbocycles. The Morgan fingerprint density at radius 3 is 2.70 bits per heavy atom. The van der Waals surface area contributed by atoms with Crippen LogP contribution >= 0.6 is 11.6 Å². The molecule has 0 unspecified atom stereocenters. The lowest BCUT2D eigenvalue weighted by molar-refractivity contribution is -0.142. The molecule has 0 bridgehead atoms. The molecule has 0 N–H and O–H groups in total. The number of methoxy groups -OCH3 is 1. The fourth-order valence-corrected chi connectivity index (χ4v) is 2.42. The van der Waals surface area contributed by atoms with Crippen molar-refractivity contribution < 1.29 is 9.53 Å². The minimum Gasteiger partial charge on any atom is -0.468 e. The number of nitrogens with zero attached hydrogens (tertiary/aromatic N) is 3. The van der Waals surface area contributed by atoms with Gasteiger partial charge < -0.3 is 9.64 Å². The fraction of sp³-hybridized carbons (Fsp3) is 0.429. The van der Waals surface area contributed by atoms with E-state index in [4.69, 9.17) is 16.9 Å². The number of benzene rings is 1. The zero-order valence-corrected chi connectivity index (χ0v) is 12.1. The number of carbonyl (C=O) groups excluding carboxylic acids is 1. The van der Waals surface area contributed by atoms with Crippen LogP contribution in [-0.2, 0) is 9.53 Å². The molecule has 20 heavy (non-hydrogen) atoms. The Labute approximate surface area is 123 Å². The average molecular weight is 294 g/mol. The molecule has 6 heteroatoms. The molecule has 0 amide bonds. The molecule has 1 heterocycles. The van der Waals surface area contributed by atoms with E-state index >= 15 is 0 Å². The highest BCUT2D eigenvalue weighted by atomic mass is 35.5. The highest BCUT2D eigenvalue weighted by Crippen LogP contribution is 2.25. The predicted molar refractivity (Wildman–Crippen MR) is 76.8 cm³/mol. The molecule has 0 saturated carbocycles. The Morgan fingerprint density at radius 1 is 1.40 bits per heavy atom. The predicted octanol–water partition coefficient (Wildman–Crippen LogP) is 1.51. The van der Waals surface area contributed by atoms with Gasteiger partial charge in [0.2, 0.25) is 0 Å². The molecular weight excluding hydrogens is 278 g/mol. The van der Waals surface area contributed by atoms with E-state index in [0.717, 1.165) is 31.9 Å². The van der Waals surface area contributed by atoms with E-state index < -0.39 is 0 Å². The SMILES string of the molecule is COC(=O)CN1CCN(c2cc(Cl)ccc2C#N)CC1. The molecule has 1 aromatic carbocycles. The number of hydrogen-bond donors (Lipinski definition) is 0. The van der Waals surface area contributed by atoms with Gasteiger partial charge in [-0.15, -0.1) is 0 Å². The molecule has 5 nitrogen and oxygen atoms in total. The van der Waals surface area contributed by atoms with Crippen molar-refractivity contribution in [2.45, 2.75) is 0 Å². The number of hydrogen-bond acceptors (Lipinski definition) is 5. The number of ether oxygens (including phenoxy) is 1. The van der Waals surface area contributed by atoms with Crippen LogP contribution in [-0.4, -0.2) is 50.7 Å². The summed E-state index contributed by atoms with van der Waals surface area (Å²) in [4.78, 5) is 15.4. The number of anilines is 1. The van der Waals surface area contributed by atoms with Crippen LogP contribution in [0, 0.1) is 11.3 Å². The van der Waals surface area contributed by atoms with Gasteiger partial charge in [-0.3, -0.25) is 9.69 Å². The first-order valence-corrected chi connectivity index (χ1v) is 6.75. The second-order valence-corrected chi connectivity index (χ2v) is 5.05. The van der Waals surface area contributed by atoms with Gasteiger partial charge in [0.25, 0.3) is 0 Å². The maximum atomic E-state index is 11.2. The van der Waals surface area contributed by atoms with E-state index in [9.17, 15) is 4.79 Å². The zero-order valence-electron chi connectivity index (χ0n) is 11.3. The highest BCUT2D eigenvalue weighted by Gasteiger charge is 2.21. The zero-order chi connectivity index (χ0) is 14.5. The second kappa shape index (κ2) is 6.60. The number of piperazine rings is 1. The summed E-state index contributed by atoms with van der Waals surface area (Å²) in [6, 6.07) is 7.45. The minimum atomic E-state index is -0.223. The summed E-state index contributed by atoms with van der Waals surface area (Å²) < 4.78 is 4.66. The molecule has 106 valence electrons. The van der Waals surface area contributed by atoms with Crippen LogP contribution < -0.4 is 4.90 Å². The van der Waals surface area contributed by atoms with E-state index in [2.05, 4.69) is 15.7 Å². The Morgan fingerprint density at radius 2 is 2.10 bits per heavy atom. The molecule has 0 atom stereocenters. The van der Waals surface area contributed by atoms with Crippen molar-refractivity contribution in [3.05, 3.63) is 28.8 Å². The number of esters is 1. The van der Waals surface area contributed by atoms with Crippen molar-refractivity contribution in [3.8, 4) is 6.07 Å². The molecule has 2 rings (SSSR count). The Bertz CT molecular complexity index is 534. The van der Waals surface area contributed by atoms with E-state index in [0.29, 0.717) is 17.1 Å². The van der Waals surface area contributed by atoms with Crippen molar-refractivity contribution in [2.24, 2.45) is 0 Å². The third kappa shape index (κ3) is 3.41. The van der Waals surface area contributed by atoms with Crippen LogP contribution in [0.1, 0.15) is 5.56 Å². The third-order valence-electron chi connectivity index (χ3n) is 3.37. The molecule has 1 aromatic rings. The average Bonchev–Trinajstić information content (AvgIpc) is 2.48. The summed E-state index contributed by atoms with van der Waals surface area (Å²) in [5, 5.41) is 9.77. The standard InChI is InChI=1S/C14H16ClN3O2/c1-20-14(19)10-17-4-6-18(7-5-17)13-8-12(15)3-2-11(13)9-16/h2-3,8H,4-7,10H2,1H3. The van der Waals surface area contributed by atoms with Gasteiger partial charge in [0.1, 0.15) is 6.07 Å². The van der Waals surface area contributed by atoms with Gasteiger partial charge in [-0.2, -0.15) is 5.26 Å². The van der Waals surface area contributed by atoms with Crippen LogP contribution in [0.3, 0.4) is 0 Å². The first-order chi connectivity index (χ1) is 9.63. The number of halogens is 1. The van der Waals surface area contributed by atoms with E-state index in [1.807, 2.05) is 11.0 Å². The Kier molecular flexibility index (Phi) is 4.83. The maximum Gasteiger partial charge on any atom is 0.319 e. The van der Waals surface area contributed by atoms with Gasteiger partial charge >= 0.3 is 5.97 Å². The first-order valence-electron chi connectivity index (χ1n) is 6.38. The van der Waals surface area contributed by atoms with E-state index in [1.165, 1.54) is 7.11 Å². The van der Waals surface area contributed by atoms with Crippen LogP contribution in [0.15, 0.2) is 18.2 Å². The lowest BCUT2D eigenvalue weighted by Gasteiger charge is -2.35. The molecule has 1 fully saturated rings. The minimum absolute atomic E-state index is 0.223. The molecule has 1 aliphatic heterocycles. The Hall–Kier alpha value is -1.77. The van der Waals surface area contributed by atoms with Crippen molar-refractivity contribution in [3.63, 3.8) is 0 Å². The number of rotatable bonds is 3. The molecule has 0 spiro atoms. The summed E-state index contributed by atoms with van der Waals surface area (Å²) in [5.41, 5.74) is 1.48. The second-order valence-electron chi connectivity index (χ2n) is 4.61. The van der Waals surface area contributed by atoms with Gasteiger partial charge in [0.15, 0.2) is 0 Å². The molecule has 0 radical (unpaired) electrons. The van der Waals surface area contributed by atoms with Crippen LogP contribution in [0.2, 0.25) is 5.02 Å². The quantitative estimate of drug-likeness (QED) is 0.791. The summed E-state index contributed by atoms with van der Waals surface area (Å²) in [6.07, 6.45) is 0. The number of nitriles is 1.